The molecule has 0 aliphatic carbocycles. The van der Waals surface area contributed by atoms with E-state index in [9.17, 15) is 9.59 Å². The zero-order valence-corrected chi connectivity index (χ0v) is 21.0. The number of hydrogen-bond acceptors (Lipinski definition) is 3. The van der Waals surface area contributed by atoms with Gasteiger partial charge < -0.3 is 15.0 Å². The van der Waals surface area contributed by atoms with Crippen molar-refractivity contribution in [2.75, 3.05) is 13.2 Å². The Hall–Kier alpha value is -3.60. The standard InChI is InChI=1S/C30H36N2O3/c1-4-5-18-31-30(34)27(20-25-12-8-6-9-13-25)32(21-26-14-10-7-11-15-26)29(33)22-35-28-17-16-23(2)19-24(28)3/h6-17,19,27H,4-5,18,20-22H2,1-3H3,(H,31,34)/t27-/m0/s1. The highest BCUT2D eigenvalue weighted by Gasteiger charge is 2.30. The monoisotopic (exact) mass is 472 g/mol. The summed E-state index contributed by atoms with van der Waals surface area (Å²) in [5, 5.41) is 3.04. The zero-order chi connectivity index (χ0) is 25.0. The van der Waals surface area contributed by atoms with Gasteiger partial charge in [0, 0.05) is 19.5 Å². The van der Waals surface area contributed by atoms with Crippen molar-refractivity contribution >= 4 is 11.8 Å². The molecule has 0 fully saturated rings. The van der Waals surface area contributed by atoms with Gasteiger partial charge in [0.15, 0.2) is 6.61 Å². The Balaban J connectivity index is 1.87. The Labute approximate surface area is 209 Å². The van der Waals surface area contributed by atoms with Crippen LogP contribution in [0.15, 0.2) is 78.9 Å². The van der Waals surface area contributed by atoms with Crippen LogP contribution in [0.5, 0.6) is 5.75 Å². The van der Waals surface area contributed by atoms with Crippen molar-refractivity contribution in [3.63, 3.8) is 0 Å². The van der Waals surface area contributed by atoms with Gasteiger partial charge in [-0.15, -0.1) is 0 Å². The van der Waals surface area contributed by atoms with E-state index in [1.54, 1.807) is 4.90 Å². The predicted octanol–water partition coefficient (Wildman–Crippen LogP) is 5.24. The van der Waals surface area contributed by atoms with Crippen LogP contribution in [0.25, 0.3) is 0 Å². The third-order valence-corrected chi connectivity index (χ3v) is 5.98. The van der Waals surface area contributed by atoms with Gasteiger partial charge in [0.2, 0.25) is 5.91 Å². The van der Waals surface area contributed by atoms with Crippen LogP contribution in [-0.4, -0.2) is 35.9 Å². The number of ether oxygens (including phenoxy) is 1. The molecule has 184 valence electrons. The van der Waals surface area contributed by atoms with Crippen molar-refractivity contribution in [2.24, 2.45) is 0 Å². The first kappa shape index (κ1) is 26.0. The van der Waals surface area contributed by atoms with Gasteiger partial charge in [-0.05, 0) is 43.0 Å². The minimum Gasteiger partial charge on any atom is -0.483 e. The highest BCUT2D eigenvalue weighted by molar-refractivity contribution is 5.88. The molecule has 0 bridgehead atoms. The number of unbranched alkanes of at least 4 members (excludes halogenated alkanes) is 1. The second kappa shape index (κ2) is 13.3. The molecule has 1 atom stereocenters. The predicted molar refractivity (Wildman–Crippen MR) is 140 cm³/mol. The van der Waals surface area contributed by atoms with Crippen LogP contribution in [0, 0.1) is 13.8 Å². The molecule has 2 amide bonds. The fraction of sp³-hybridized carbons (Fsp3) is 0.333. The van der Waals surface area contributed by atoms with Gasteiger partial charge in [-0.2, -0.15) is 0 Å². The van der Waals surface area contributed by atoms with E-state index in [1.165, 1.54) is 0 Å². The molecule has 0 saturated carbocycles. The Morgan fingerprint density at radius 1 is 0.914 bits per heavy atom. The van der Waals surface area contributed by atoms with Crippen LogP contribution in [-0.2, 0) is 22.6 Å². The summed E-state index contributed by atoms with van der Waals surface area (Å²) in [6, 6.07) is 24.8. The summed E-state index contributed by atoms with van der Waals surface area (Å²) in [7, 11) is 0. The van der Waals surface area contributed by atoms with E-state index in [0.717, 1.165) is 35.1 Å². The molecule has 0 radical (unpaired) electrons. The normalized spacial score (nSPS) is 11.5. The average molecular weight is 473 g/mol. The van der Waals surface area contributed by atoms with Crippen LogP contribution < -0.4 is 10.1 Å². The molecule has 35 heavy (non-hydrogen) atoms. The summed E-state index contributed by atoms with van der Waals surface area (Å²) in [6.07, 6.45) is 2.31. The molecule has 0 aliphatic heterocycles. The molecule has 0 saturated heterocycles. The fourth-order valence-electron chi connectivity index (χ4n) is 4.02. The molecule has 3 aromatic rings. The molecule has 3 aromatic carbocycles. The van der Waals surface area contributed by atoms with Crippen molar-refractivity contribution in [1.29, 1.82) is 0 Å². The minimum absolute atomic E-state index is 0.135. The van der Waals surface area contributed by atoms with Crippen LogP contribution in [0.4, 0.5) is 0 Å². The summed E-state index contributed by atoms with van der Waals surface area (Å²) in [6.45, 7) is 6.86. The lowest BCUT2D eigenvalue weighted by Crippen LogP contribution is -2.51. The first-order valence-corrected chi connectivity index (χ1v) is 12.3. The van der Waals surface area contributed by atoms with Crippen molar-refractivity contribution < 1.29 is 14.3 Å². The van der Waals surface area contributed by atoms with Gasteiger partial charge in [0.25, 0.3) is 5.91 Å². The third-order valence-electron chi connectivity index (χ3n) is 5.98. The first-order valence-electron chi connectivity index (χ1n) is 12.3. The largest absolute Gasteiger partial charge is 0.483 e. The molecular weight excluding hydrogens is 436 g/mol. The summed E-state index contributed by atoms with van der Waals surface area (Å²) < 4.78 is 5.93. The third kappa shape index (κ3) is 7.99. The van der Waals surface area contributed by atoms with Gasteiger partial charge in [0.1, 0.15) is 11.8 Å². The lowest BCUT2D eigenvalue weighted by Gasteiger charge is -2.31. The zero-order valence-electron chi connectivity index (χ0n) is 21.0. The molecule has 5 nitrogen and oxygen atoms in total. The second-order valence-electron chi connectivity index (χ2n) is 8.91. The Morgan fingerprint density at radius 2 is 1.57 bits per heavy atom. The quantitative estimate of drug-likeness (QED) is 0.367. The Bertz CT molecular complexity index is 1080. The summed E-state index contributed by atoms with van der Waals surface area (Å²) >= 11 is 0. The number of aryl methyl sites for hydroxylation is 2. The number of hydrogen-bond donors (Lipinski definition) is 1. The van der Waals surface area contributed by atoms with Gasteiger partial charge in [0.05, 0.1) is 0 Å². The molecule has 0 heterocycles. The second-order valence-corrected chi connectivity index (χ2v) is 8.91. The van der Waals surface area contributed by atoms with Crippen molar-refractivity contribution in [3.8, 4) is 5.75 Å². The van der Waals surface area contributed by atoms with E-state index in [2.05, 4.69) is 12.2 Å². The molecule has 0 spiro atoms. The molecule has 3 rings (SSSR count). The highest BCUT2D eigenvalue weighted by atomic mass is 16.5. The van der Waals surface area contributed by atoms with E-state index >= 15 is 0 Å². The maximum absolute atomic E-state index is 13.6. The summed E-state index contributed by atoms with van der Waals surface area (Å²) in [4.78, 5) is 28.6. The molecular formula is C30H36N2O3. The summed E-state index contributed by atoms with van der Waals surface area (Å²) in [5.74, 6) is 0.314. The van der Waals surface area contributed by atoms with Crippen LogP contribution in [0.1, 0.15) is 42.0 Å². The number of nitrogens with zero attached hydrogens (tertiary/aromatic N) is 1. The Morgan fingerprint density at radius 3 is 2.20 bits per heavy atom. The smallest absolute Gasteiger partial charge is 0.261 e. The molecule has 0 aromatic heterocycles. The van der Waals surface area contributed by atoms with E-state index in [0.29, 0.717) is 25.3 Å². The molecule has 0 aliphatic rings. The Kier molecular flexibility index (Phi) is 9.91. The minimum atomic E-state index is -0.648. The van der Waals surface area contributed by atoms with Gasteiger partial charge in [-0.1, -0.05) is 91.7 Å². The van der Waals surface area contributed by atoms with Crippen LogP contribution >= 0.6 is 0 Å². The molecule has 1 N–H and O–H groups in total. The van der Waals surface area contributed by atoms with Gasteiger partial charge in [-0.3, -0.25) is 9.59 Å². The first-order chi connectivity index (χ1) is 17.0. The number of benzene rings is 3. The maximum atomic E-state index is 13.6. The van der Waals surface area contributed by atoms with E-state index < -0.39 is 6.04 Å². The fourth-order valence-corrected chi connectivity index (χ4v) is 4.02. The average Bonchev–Trinajstić information content (AvgIpc) is 2.86. The van der Waals surface area contributed by atoms with E-state index in [1.807, 2.05) is 92.7 Å². The number of amides is 2. The molecule has 0 unspecified atom stereocenters. The van der Waals surface area contributed by atoms with Gasteiger partial charge in [-0.25, -0.2) is 0 Å². The van der Waals surface area contributed by atoms with Gasteiger partial charge >= 0.3 is 0 Å². The van der Waals surface area contributed by atoms with Crippen molar-refractivity contribution in [1.82, 2.24) is 10.2 Å². The van der Waals surface area contributed by atoms with Crippen LogP contribution in [0.3, 0.4) is 0 Å². The SMILES string of the molecule is CCCCNC(=O)[C@H](Cc1ccccc1)N(Cc1ccccc1)C(=O)COc1ccc(C)cc1C. The van der Waals surface area contributed by atoms with Crippen molar-refractivity contribution in [3.05, 3.63) is 101 Å². The number of carbonyl (C=O) groups is 2. The number of carbonyl (C=O) groups excluding carboxylic acids is 2. The van der Waals surface area contributed by atoms with Crippen molar-refractivity contribution in [2.45, 2.75) is 52.6 Å². The summed E-state index contributed by atoms with van der Waals surface area (Å²) in [5.41, 5.74) is 4.08. The highest BCUT2D eigenvalue weighted by Crippen LogP contribution is 2.20. The maximum Gasteiger partial charge on any atom is 0.261 e. The lowest BCUT2D eigenvalue weighted by molar-refractivity contribution is -0.142. The number of rotatable bonds is 12. The van der Waals surface area contributed by atoms with Crippen LogP contribution in [0.2, 0.25) is 0 Å². The lowest BCUT2D eigenvalue weighted by atomic mass is 10.0. The molecule has 5 heteroatoms. The van der Waals surface area contributed by atoms with E-state index in [4.69, 9.17) is 4.74 Å². The number of nitrogens with one attached hydrogen (secondary N) is 1. The van der Waals surface area contributed by atoms with E-state index in [-0.39, 0.29) is 18.4 Å². The topological polar surface area (TPSA) is 58.6 Å².